The summed E-state index contributed by atoms with van der Waals surface area (Å²) in [5.74, 6) is 0. The molecule has 7 heteroatoms. The van der Waals surface area contributed by atoms with E-state index in [4.69, 9.17) is 33.1 Å². The lowest BCUT2D eigenvalue weighted by Crippen LogP contribution is -2.11. The van der Waals surface area contributed by atoms with Gasteiger partial charge in [0.2, 0.25) is 5.71 Å². The first kappa shape index (κ1) is 10.8. The van der Waals surface area contributed by atoms with Gasteiger partial charge in [0.05, 0.1) is 0 Å². The molecule has 0 spiro atoms. The minimum atomic E-state index is -0.425. The highest BCUT2D eigenvalue weighted by atomic mass is 35.5. The predicted octanol–water partition coefficient (Wildman–Crippen LogP) is -0.131. The van der Waals surface area contributed by atoms with Gasteiger partial charge in [0.15, 0.2) is 5.70 Å². The lowest BCUT2D eigenvalue weighted by atomic mass is 10.5. The van der Waals surface area contributed by atoms with Crippen LogP contribution in [0.25, 0.3) is 0 Å². The molecular formula is C6H3ClN6. The van der Waals surface area contributed by atoms with E-state index in [1.54, 1.807) is 6.07 Å². The summed E-state index contributed by atoms with van der Waals surface area (Å²) in [5.41, 5.74) is 6.47. The van der Waals surface area contributed by atoms with E-state index >= 15 is 0 Å². The molecule has 0 aliphatic carbocycles. The number of nitriles is 3. The molecule has 0 aliphatic heterocycles. The first-order valence-corrected chi connectivity index (χ1v) is 3.22. The zero-order valence-electron chi connectivity index (χ0n) is 6.24. The van der Waals surface area contributed by atoms with Gasteiger partial charge in [-0.2, -0.15) is 20.9 Å². The minimum absolute atomic E-state index is 0.218. The molecule has 0 fully saturated rings. The van der Waals surface area contributed by atoms with Crippen LogP contribution in [-0.2, 0) is 0 Å². The Morgan fingerprint density at radius 3 is 2.08 bits per heavy atom. The number of nitrogens with one attached hydrogen (secondary N) is 1. The number of rotatable bonds is 2. The number of nitrogens with two attached hydrogens (primary N) is 1. The fraction of sp³-hybridized carbons (Fsp3) is 0. The molecule has 3 N–H and O–H groups in total. The second-order valence-corrected chi connectivity index (χ2v) is 2.04. The molecule has 6 nitrogen and oxygen atoms in total. The maximum Gasteiger partial charge on any atom is 0.237 e. The van der Waals surface area contributed by atoms with E-state index in [0.717, 1.165) is 0 Å². The van der Waals surface area contributed by atoms with Gasteiger partial charge in [-0.3, -0.25) is 5.43 Å². The number of halogens is 1. The van der Waals surface area contributed by atoms with E-state index in [1.807, 2.05) is 0 Å². The van der Waals surface area contributed by atoms with Crippen LogP contribution in [0.5, 0.6) is 0 Å². The van der Waals surface area contributed by atoms with E-state index in [1.165, 1.54) is 12.1 Å². The lowest BCUT2D eigenvalue weighted by Gasteiger charge is -1.95. The summed E-state index contributed by atoms with van der Waals surface area (Å²) in [5, 5.41) is 27.8. The third-order valence-electron chi connectivity index (χ3n) is 0.842. The number of hydrazone groups is 1. The SMILES string of the molecule is N#CC(C#N)=NN/C(C#N)=C(/N)Cl. The van der Waals surface area contributed by atoms with E-state index in [-0.39, 0.29) is 10.9 Å². The van der Waals surface area contributed by atoms with Crippen molar-refractivity contribution in [2.24, 2.45) is 10.8 Å². The van der Waals surface area contributed by atoms with Crippen LogP contribution in [0.2, 0.25) is 0 Å². The Balaban J connectivity index is 4.63. The van der Waals surface area contributed by atoms with Crippen LogP contribution in [0.15, 0.2) is 16.0 Å². The highest BCUT2D eigenvalue weighted by molar-refractivity contribution is 6.29. The van der Waals surface area contributed by atoms with Crippen LogP contribution in [-0.4, -0.2) is 5.71 Å². The van der Waals surface area contributed by atoms with Gasteiger partial charge in [0.25, 0.3) is 0 Å². The Kier molecular flexibility index (Phi) is 4.49. The molecular weight excluding hydrogens is 192 g/mol. The third-order valence-corrected chi connectivity index (χ3v) is 1.03. The molecule has 0 unspecified atom stereocenters. The van der Waals surface area contributed by atoms with Crippen molar-refractivity contribution in [1.29, 1.82) is 15.8 Å². The average molecular weight is 195 g/mol. The van der Waals surface area contributed by atoms with Crippen molar-refractivity contribution in [3.8, 4) is 18.2 Å². The molecule has 0 saturated heterocycles. The summed E-state index contributed by atoms with van der Waals surface area (Å²) < 4.78 is 0. The fourth-order valence-corrected chi connectivity index (χ4v) is 0.403. The van der Waals surface area contributed by atoms with Gasteiger partial charge in [-0.15, -0.1) is 0 Å². The first-order valence-electron chi connectivity index (χ1n) is 2.85. The number of nitrogens with zero attached hydrogens (tertiary/aromatic N) is 4. The van der Waals surface area contributed by atoms with E-state index < -0.39 is 5.71 Å². The van der Waals surface area contributed by atoms with E-state index in [0.29, 0.717) is 0 Å². The molecule has 0 heterocycles. The van der Waals surface area contributed by atoms with Gasteiger partial charge in [-0.1, -0.05) is 11.6 Å². The molecule has 0 rings (SSSR count). The molecule has 0 aliphatic rings. The summed E-state index contributed by atoms with van der Waals surface area (Å²) in [6, 6.07) is 4.55. The van der Waals surface area contributed by atoms with Gasteiger partial charge in [0, 0.05) is 0 Å². The van der Waals surface area contributed by atoms with Crippen LogP contribution < -0.4 is 11.2 Å². The molecule has 0 aromatic heterocycles. The second-order valence-electron chi connectivity index (χ2n) is 1.63. The third kappa shape index (κ3) is 3.62. The van der Waals surface area contributed by atoms with Crippen molar-refractivity contribution in [2.45, 2.75) is 0 Å². The zero-order valence-corrected chi connectivity index (χ0v) is 7.00. The Morgan fingerprint density at radius 2 is 1.77 bits per heavy atom. The van der Waals surface area contributed by atoms with Crippen LogP contribution in [0.3, 0.4) is 0 Å². The van der Waals surface area contributed by atoms with Crippen molar-refractivity contribution < 1.29 is 0 Å². The van der Waals surface area contributed by atoms with Gasteiger partial charge in [0.1, 0.15) is 23.4 Å². The summed E-state index contributed by atoms with van der Waals surface area (Å²) in [6.45, 7) is 0. The van der Waals surface area contributed by atoms with Gasteiger partial charge < -0.3 is 5.73 Å². The van der Waals surface area contributed by atoms with Crippen LogP contribution >= 0.6 is 11.6 Å². The van der Waals surface area contributed by atoms with Crippen LogP contribution in [0.4, 0.5) is 0 Å². The molecule has 13 heavy (non-hydrogen) atoms. The maximum atomic E-state index is 8.38. The lowest BCUT2D eigenvalue weighted by molar-refractivity contribution is 0.915. The molecule has 0 aromatic carbocycles. The van der Waals surface area contributed by atoms with Crippen molar-refractivity contribution in [1.82, 2.24) is 5.43 Å². The van der Waals surface area contributed by atoms with Gasteiger partial charge in [-0.05, 0) is 0 Å². The zero-order chi connectivity index (χ0) is 10.3. The first-order chi connectivity index (χ1) is 6.15. The monoisotopic (exact) mass is 194 g/mol. The van der Waals surface area contributed by atoms with Crippen LogP contribution in [0.1, 0.15) is 0 Å². The average Bonchev–Trinajstić information content (AvgIpc) is 2.12. The van der Waals surface area contributed by atoms with E-state index in [9.17, 15) is 0 Å². The normalized spacial score (nSPS) is 9.69. The molecule has 0 bridgehead atoms. The van der Waals surface area contributed by atoms with Crippen LogP contribution in [0, 0.1) is 34.0 Å². The quantitative estimate of drug-likeness (QED) is 0.274. The summed E-state index contributed by atoms with van der Waals surface area (Å²) in [7, 11) is 0. The second kappa shape index (κ2) is 5.42. The van der Waals surface area contributed by atoms with Crippen molar-refractivity contribution >= 4 is 17.3 Å². The number of hydrogen-bond donors (Lipinski definition) is 2. The Bertz CT molecular complexity index is 353. The molecule has 0 aromatic rings. The summed E-state index contributed by atoms with van der Waals surface area (Å²) in [6.07, 6.45) is 0. The summed E-state index contributed by atoms with van der Waals surface area (Å²) >= 11 is 5.25. The smallest absolute Gasteiger partial charge is 0.237 e. The number of hydrogen-bond acceptors (Lipinski definition) is 6. The fourth-order valence-electron chi connectivity index (χ4n) is 0.319. The molecule has 0 radical (unpaired) electrons. The Morgan fingerprint density at radius 1 is 1.23 bits per heavy atom. The van der Waals surface area contributed by atoms with Crippen molar-refractivity contribution in [3.05, 3.63) is 10.9 Å². The van der Waals surface area contributed by atoms with E-state index in [2.05, 4.69) is 10.5 Å². The number of allylic oxidation sites excluding steroid dienone is 1. The molecule has 64 valence electrons. The molecule has 0 saturated carbocycles. The highest BCUT2D eigenvalue weighted by Crippen LogP contribution is 1.97. The topological polar surface area (TPSA) is 122 Å². The van der Waals surface area contributed by atoms with Gasteiger partial charge in [-0.25, -0.2) is 0 Å². The van der Waals surface area contributed by atoms with Crippen molar-refractivity contribution in [2.75, 3.05) is 0 Å². The Labute approximate surface area is 79.1 Å². The van der Waals surface area contributed by atoms with Crippen molar-refractivity contribution in [3.63, 3.8) is 0 Å². The van der Waals surface area contributed by atoms with Gasteiger partial charge >= 0.3 is 0 Å². The minimum Gasteiger partial charge on any atom is -0.387 e. The highest BCUT2D eigenvalue weighted by Gasteiger charge is 1.99. The largest absolute Gasteiger partial charge is 0.387 e. The molecule has 0 atom stereocenters. The summed E-state index contributed by atoms with van der Waals surface area (Å²) in [4.78, 5) is 0. The Hall–Kier alpha value is -2.23. The standard InChI is InChI=1S/C6H3ClN6/c7-6(11)5(3-10)13-12-4(1-8)2-9/h13H,11H2/b6-5+. The maximum absolute atomic E-state index is 8.38. The predicted molar refractivity (Wildman–Crippen MR) is 44.5 cm³/mol. The molecule has 0 amide bonds.